The molecule has 0 aromatic heterocycles. The normalized spacial score (nSPS) is 11.3. The van der Waals surface area contributed by atoms with Gasteiger partial charge in [-0.3, -0.25) is 9.00 Å². The number of carbonyl (C=O) groups is 1. The fourth-order valence-corrected chi connectivity index (χ4v) is 2.08. The van der Waals surface area contributed by atoms with E-state index in [1.54, 1.807) is 6.26 Å². The fourth-order valence-electron chi connectivity index (χ4n) is 1.53. The van der Waals surface area contributed by atoms with Gasteiger partial charge in [0.1, 0.15) is 5.82 Å². The molecule has 1 aromatic carbocycles. The quantitative estimate of drug-likeness (QED) is 0.618. The van der Waals surface area contributed by atoms with Crippen LogP contribution < -0.4 is 11.1 Å². The molecule has 0 bridgehead atoms. The number of amides is 1. The molecule has 1 rings (SSSR count). The Hall–Kier alpha value is -1.71. The molecule has 0 aliphatic carbocycles. The zero-order valence-corrected chi connectivity index (χ0v) is 12.1. The maximum absolute atomic E-state index is 13.2. The molecule has 0 radical (unpaired) electrons. The van der Waals surface area contributed by atoms with E-state index in [-0.39, 0.29) is 12.1 Å². The summed E-state index contributed by atoms with van der Waals surface area (Å²) in [5, 5.41) is 2.66. The Morgan fingerprint density at radius 3 is 2.90 bits per heavy atom. The summed E-state index contributed by atoms with van der Waals surface area (Å²) in [6, 6.07) is 3.85. The second-order valence-electron chi connectivity index (χ2n) is 4.08. The number of rotatable bonds is 5. The number of hydrogen-bond acceptors (Lipinski definition) is 3. The molecule has 1 unspecified atom stereocenters. The predicted molar refractivity (Wildman–Crippen MR) is 78.2 cm³/mol. The van der Waals surface area contributed by atoms with Crippen molar-refractivity contribution in [1.82, 2.24) is 5.32 Å². The molecule has 1 atom stereocenters. The third-order valence-corrected chi connectivity index (χ3v) is 3.31. The van der Waals surface area contributed by atoms with Crippen LogP contribution in [0, 0.1) is 17.7 Å². The van der Waals surface area contributed by atoms with Crippen molar-refractivity contribution in [3.05, 3.63) is 35.1 Å². The molecule has 0 heterocycles. The standard InChI is InChI=1S/C14H17FN2O2S/c1-20(19)9-3-8-17-14(18)13-10-12(15)6-5-11(13)4-2-7-16/h5-6,10H,3,7-9,16H2,1H3,(H,17,18). The molecule has 1 aromatic rings. The van der Waals surface area contributed by atoms with Gasteiger partial charge in [-0.1, -0.05) is 11.8 Å². The highest BCUT2D eigenvalue weighted by molar-refractivity contribution is 7.84. The monoisotopic (exact) mass is 296 g/mol. The van der Waals surface area contributed by atoms with Crippen LogP contribution in [0.4, 0.5) is 4.39 Å². The van der Waals surface area contributed by atoms with Crippen molar-refractivity contribution in [3.8, 4) is 11.8 Å². The Labute approximate surface area is 120 Å². The number of halogens is 1. The van der Waals surface area contributed by atoms with Gasteiger partial charge in [0.25, 0.3) is 5.91 Å². The van der Waals surface area contributed by atoms with E-state index in [0.717, 1.165) is 6.07 Å². The third kappa shape index (κ3) is 5.51. The average Bonchev–Trinajstić information content (AvgIpc) is 2.41. The molecule has 6 heteroatoms. The Balaban J connectivity index is 2.75. The van der Waals surface area contributed by atoms with Gasteiger partial charge >= 0.3 is 0 Å². The van der Waals surface area contributed by atoms with Crippen LogP contribution in [-0.4, -0.2) is 35.2 Å². The number of benzene rings is 1. The Morgan fingerprint density at radius 1 is 1.50 bits per heavy atom. The van der Waals surface area contributed by atoms with Gasteiger partial charge in [0, 0.05) is 34.9 Å². The maximum atomic E-state index is 13.2. The van der Waals surface area contributed by atoms with Crippen LogP contribution in [0.2, 0.25) is 0 Å². The van der Waals surface area contributed by atoms with E-state index in [1.807, 2.05) is 0 Å². The lowest BCUT2D eigenvalue weighted by atomic mass is 10.1. The SMILES string of the molecule is CS(=O)CCCNC(=O)c1cc(F)ccc1C#CCN. The van der Waals surface area contributed by atoms with E-state index in [4.69, 9.17) is 5.73 Å². The van der Waals surface area contributed by atoms with Gasteiger partial charge in [-0.05, 0) is 24.6 Å². The second-order valence-corrected chi connectivity index (χ2v) is 5.64. The first kappa shape index (κ1) is 16.3. The van der Waals surface area contributed by atoms with Gasteiger partial charge in [-0.2, -0.15) is 0 Å². The van der Waals surface area contributed by atoms with Crippen LogP contribution in [-0.2, 0) is 10.8 Å². The molecule has 3 N–H and O–H groups in total. The molecule has 0 aliphatic heterocycles. The Kier molecular flexibility index (Phi) is 6.91. The highest BCUT2D eigenvalue weighted by Gasteiger charge is 2.11. The molecule has 0 saturated carbocycles. The third-order valence-electron chi connectivity index (χ3n) is 2.45. The van der Waals surface area contributed by atoms with Gasteiger partial charge in [0.15, 0.2) is 0 Å². The number of hydrogen-bond donors (Lipinski definition) is 2. The zero-order valence-electron chi connectivity index (χ0n) is 11.2. The summed E-state index contributed by atoms with van der Waals surface area (Å²) in [5.74, 6) is 5.00. The molecule has 0 saturated heterocycles. The average molecular weight is 296 g/mol. The summed E-state index contributed by atoms with van der Waals surface area (Å²) in [6.07, 6.45) is 2.21. The van der Waals surface area contributed by atoms with Crippen molar-refractivity contribution in [2.75, 3.05) is 25.1 Å². The Bertz CT molecular complexity index is 564. The molecule has 4 nitrogen and oxygen atoms in total. The summed E-state index contributed by atoms with van der Waals surface area (Å²) < 4.78 is 24.1. The summed E-state index contributed by atoms with van der Waals surface area (Å²) in [7, 11) is -0.885. The molecule has 0 spiro atoms. The minimum atomic E-state index is -0.885. The first-order valence-corrected chi connectivity index (χ1v) is 7.84. The van der Waals surface area contributed by atoms with Gasteiger partial charge in [-0.25, -0.2) is 4.39 Å². The molecular weight excluding hydrogens is 279 g/mol. The molecule has 20 heavy (non-hydrogen) atoms. The molecular formula is C14H17FN2O2S. The molecule has 0 fully saturated rings. The number of nitrogens with one attached hydrogen (secondary N) is 1. The van der Waals surface area contributed by atoms with Crippen molar-refractivity contribution in [3.63, 3.8) is 0 Å². The van der Waals surface area contributed by atoms with Crippen LogP contribution >= 0.6 is 0 Å². The Morgan fingerprint density at radius 2 is 2.25 bits per heavy atom. The summed E-state index contributed by atoms with van der Waals surface area (Å²) >= 11 is 0. The lowest BCUT2D eigenvalue weighted by Gasteiger charge is -2.07. The smallest absolute Gasteiger partial charge is 0.252 e. The van der Waals surface area contributed by atoms with E-state index >= 15 is 0 Å². The maximum Gasteiger partial charge on any atom is 0.252 e. The van der Waals surface area contributed by atoms with E-state index in [2.05, 4.69) is 17.2 Å². The fraction of sp³-hybridized carbons (Fsp3) is 0.357. The second kappa shape index (κ2) is 8.46. The predicted octanol–water partition coefficient (Wildman–Crippen LogP) is 0.634. The number of carbonyl (C=O) groups excluding carboxylic acids is 1. The van der Waals surface area contributed by atoms with E-state index in [0.29, 0.717) is 24.3 Å². The van der Waals surface area contributed by atoms with E-state index in [9.17, 15) is 13.4 Å². The molecule has 0 aliphatic rings. The van der Waals surface area contributed by atoms with Crippen molar-refractivity contribution >= 4 is 16.7 Å². The van der Waals surface area contributed by atoms with Gasteiger partial charge in [0.2, 0.25) is 0 Å². The van der Waals surface area contributed by atoms with E-state index < -0.39 is 22.5 Å². The minimum absolute atomic E-state index is 0.167. The van der Waals surface area contributed by atoms with E-state index in [1.165, 1.54) is 12.1 Å². The first-order chi connectivity index (χ1) is 9.54. The summed E-state index contributed by atoms with van der Waals surface area (Å²) in [4.78, 5) is 12.0. The highest BCUT2D eigenvalue weighted by atomic mass is 32.2. The van der Waals surface area contributed by atoms with Crippen LogP contribution in [0.5, 0.6) is 0 Å². The van der Waals surface area contributed by atoms with Crippen molar-refractivity contribution in [2.45, 2.75) is 6.42 Å². The van der Waals surface area contributed by atoms with Crippen molar-refractivity contribution in [1.29, 1.82) is 0 Å². The van der Waals surface area contributed by atoms with Crippen LogP contribution in [0.15, 0.2) is 18.2 Å². The molecule has 1 amide bonds. The van der Waals surface area contributed by atoms with Gasteiger partial charge in [0.05, 0.1) is 12.1 Å². The van der Waals surface area contributed by atoms with Gasteiger partial charge in [-0.15, -0.1) is 0 Å². The van der Waals surface area contributed by atoms with Crippen LogP contribution in [0.3, 0.4) is 0 Å². The summed E-state index contributed by atoms with van der Waals surface area (Å²) in [6.45, 7) is 0.555. The number of nitrogens with two attached hydrogens (primary N) is 1. The first-order valence-electron chi connectivity index (χ1n) is 6.11. The van der Waals surface area contributed by atoms with Crippen molar-refractivity contribution < 1.29 is 13.4 Å². The zero-order chi connectivity index (χ0) is 15.0. The lowest BCUT2D eigenvalue weighted by molar-refractivity contribution is 0.0953. The lowest BCUT2D eigenvalue weighted by Crippen LogP contribution is -2.26. The molecule has 108 valence electrons. The van der Waals surface area contributed by atoms with Gasteiger partial charge < -0.3 is 11.1 Å². The largest absolute Gasteiger partial charge is 0.352 e. The van der Waals surface area contributed by atoms with Crippen LogP contribution in [0.25, 0.3) is 0 Å². The van der Waals surface area contributed by atoms with Crippen LogP contribution in [0.1, 0.15) is 22.3 Å². The minimum Gasteiger partial charge on any atom is -0.352 e. The van der Waals surface area contributed by atoms with Crippen molar-refractivity contribution in [2.24, 2.45) is 5.73 Å². The topological polar surface area (TPSA) is 72.2 Å². The highest BCUT2D eigenvalue weighted by Crippen LogP contribution is 2.10. The summed E-state index contributed by atoms with van der Waals surface area (Å²) in [5.41, 5.74) is 5.90.